The molecule has 136 valence electrons. The van der Waals surface area contributed by atoms with Crippen molar-refractivity contribution in [2.24, 2.45) is 5.10 Å². The number of benzene rings is 3. The maximum atomic E-state index is 11.9. The van der Waals surface area contributed by atoms with Gasteiger partial charge in [-0.25, -0.2) is 5.43 Å². The molecule has 1 N–H and O–H groups in total. The van der Waals surface area contributed by atoms with E-state index in [2.05, 4.69) is 10.5 Å². The van der Waals surface area contributed by atoms with Gasteiger partial charge in [0, 0.05) is 5.02 Å². The van der Waals surface area contributed by atoms with Crippen LogP contribution in [-0.2, 0) is 17.8 Å². The lowest BCUT2D eigenvalue weighted by atomic mass is 10.1. The Balaban J connectivity index is 1.46. The van der Waals surface area contributed by atoms with Crippen LogP contribution < -0.4 is 10.2 Å². The number of hydrogen-bond acceptors (Lipinski definition) is 3. The van der Waals surface area contributed by atoms with E-state index in [1.807, 2.05) is 66.7 Å². The first-order valence-electron chi connectivity index (χ1n) is 8.52. The summed E-state index contributed by atoms with van der Waals surface area (Å²) in [5.74, 6) is 0.596. The molecule has 0 unspecified atom stereocenters. The Hall–Kier alpha value is -3.11. The van der Waals surface area contributed by atoms with E-state index in [0.717, 1.165) is 22.4 Å². The summed E-state index contributed by atoms with van der Waals surface area (Å²) in [4.78, 5) is 11.9. The highest BCUT2D eigenvalue weighted by molar-refractivity contribution is 6.30. The minimum atomic E-state index is -0.184. The van der Waals surface area contributed by atoms with Crippen LogP contribution in [0.5, 0.6) is 5.75 Å². The van der Waals surface area contributed by atoms with Crippen molar-refractivity contribution in [1.82, 2.24) is 5.43 Å². The second-order valence-corrected chi connectivity index (χ2v) is 6.38. The topological polar surface area (TPSA) is 50.7 Å². The molecule has 0 aliphatic rings. The lowest BCUT2D eigenvalue weighted by molar-refractivity contribution is -0.120. The lowest BCUT2D eigenvalue weighted by Crippen LogP contribution is -2.19. The summed E-state index contributed by atoms with van der Waals surface area (Å²) >= 11 is 5.83. The molecule has 0 atom stereocenters. The molecule has 3 rings (SSSR count). The van der Waals surface area contributed by atoms with Crippen LogP contribution in [0.25, 0.3) is 0 Å². The molecule has 3 aromatic rings. The van der Waals surface area contributed by atoms with Crippen molar-refractivity contribution in [2.75, 3.05) is 0 Å². The number of hydrazone groups is 1. The molecule has 0 bridgehead atoms. The minimum Gasteiger partial charge on any atom is -0.489 e. The number of nitrogens with one attached hydrogen (secondary N) is 1. The van der Waals surface area contributed by atoms with Crippen LogP contribution >= 0.6 is 11.6 Å². The van der Waals surface area contributed by atoms with Crippen LogP contribution in [0.15, 0.2) is 84.0 Å². The van der Waals surface area contributed by atoms with Gasteiger partial charge in [-0.2, -0.15) is 5.10 Å². The van der Waals surface area contributed by atoms with E-state index >= 15 is 0 Å². The van der Waals surface area contributed by atoms with Crippen molar-refractivity contribution in [1.29, 1.82) is 0 Å². The van der Waals surface area contributed by atoms with Crippen LogP contribution in [0.2, 0.25) is 5.02 Å². The standard InChI is InChI=1S/C22H19ClN2O2/c23-20-10-6-17(7-11-20)14-22(26)25-24-15-18-8-12-21(13-9-18)27-16-19-4-2-1-3-5-19/h1-13,15H,14,16H2,(H,25,26)/b24-15-. The first-order valence-corrected chi connectivity index (χ1v) is 8.90. The summed E-state index contributed by atoms with van der Waals surface area (Å²) in [6, 6.07) is 24.7. The minimum absolute atomic E-state index is 0.184. The van der Waals surface area contributed by atoms with E-state index in [0.29, 0.717) is 11.6 Å². The van der Waals surface area contributed by atoms with Crippen LogP contribution in [0.4, 0.5) is 0 Å². The summed E-state index contributed by atoms with van der Waals surface area (Å²) in [6.07, 6.45) is 1.85. The molecule has 0 saturated carbocycles. The highest BCUT2D eigenvalue weighted by Gasteiger charge is 2.02. The fourth-order valence-electron chi connectivity index (χ4n) is 2.40. The average Bonchev–Trinajstić information content (AvgIpc) is 2.70. The monoisotopic (exact) mass is 378 g/mol. The zero-order chi connectivity index (χ0) is 18.9. The molecule has 0 aromatic heterocycles. The summed E-state index contributed by atoms with van der Waals surface area (Å²) in [5.41, 5.74) is 5.39. The Kier molecular flexibility index (Phi) is 6.61. The van der Waals surface area contributed by atoms with E-state index in [-0.39, 0.29) is 12.3 Å². The molecule has 3 aromatic carbocycles. The van der Waals surface area contributed by atoms with Crippen LogP contribution in [0.1, 0.15) is 16.7 Å². The molecule has 0 radical (unpaired) electrons. The maximum absolute atomic E-state index is 11.9. The summed E-state index contributed by atoms with van der Waals surface area (Å²) in [7, 11) is 0. The number of hydrogen-bond donors (Lipinski definition) is 1. The number of carbonyl (C=O) groups excluding carboxylic acids is 1. The Morgan fingerprint density at radius 3 is 2.33 bits per heavy atom. The summed E-state index contributed by atoms with van der Waals surface area (Å²) in [6.45, 7) is 0.523. The number of nitrogens with zero attached hydrogens (tertiary/aromatic N) is 1. The molecule has 27 heavy (non-hydrogen) atoms. The van der Waals surface area contributed by atoms with Crippen LogP contribution in [-0.4, -0.2) is 12.1 Å². The van der Waals surface area contributed by atoms with Gasteiger partial charge < -0.3 is 4.74 Å². The molecule has 0 heterocycles. The average molecular weight is 379 g/mol. The third-order valence-corrected chi connectivity index (χ3v) is 4.06. The molecular formula is C22H19ClN2O2. The first kappa shape index (κ1) is 18.7. The van der Waals surface area contributed by atoms with Gasteiger partial charge in [-0.15, -0.1) is 0 Å². The second kappa shape index (κ2) is 9.55. The van der Waals surface area contributed by atoms with Crippen molar-refractivity contribution in [2.45, 2.75) is 13.0 Å². The Morgan fingerprint density at radius 1 is 0.926 bits per heavy atom. The van der Waals surface area contributed by atoms with E-state index in [1.165, 1.54) is 0 Å². The van der Waals surface area contributed by atoms with E-state index < -0.39 is 0 Å². The van der Waals surface area contributed by atoms with Gasteiger partial charge in [-0.1, -0.05) is 54.1 Å². The van der Waals surface area contributed by atoms with Crippen LogP contribution in [0, 0.1) is 0 Å². The van der Waals surface area contributed by atoms with Crippen molar-refractivity contribution in [3.63, 3.8) is 0 Å². The molecule has 0 saturated heterocycles. The van der Waals surface area contributed by atoms with Gasteiger partial charge in [0.15, 0.2) is 0 Å². The molecule has 0 aliphatic heterocycles. The van der Waals surface area contributed by atoms with Crippen molar-refractivity contribution < 1.29 is 9.53 Å². The largest absolute Gasteiger partial charge is 0.489 e. The van der Waals surface area contributed by atoms with Gasteiger partial charge in [0.1, 0.15) is 12.4 Å². The smallest absolute Gasteiger partial charge is 0.244 e. The normalized spacial score (nSPS) is 10.7. The van der Waals surface area contributed by atoms with E-state index in [9.17, 15) is 4.79 Å². The fraction of sp³-hybridized carbons (Fsp3) is 0.0909. The molecular weight excluding hydrogens is 360 g/mol. The predicted octanol–water partition coefficient (Wildman–Crippen LogP) is 4.61. The third kappa shape index (κ3) is 6.28. The van der Waals surface area contributed by atoms with E-state index in [4.69, 9.17) is 16.3 Å². The molecule has 1 amide bonds. The zero-order valence-electron chi connectivity index (χ0n) is 14.6. The molecule has 0 aliphatic carbocycles. The maximum Gasteiger partial charge on any atom is 0.244 e. The van der Waals surface area contributed by atoms with Gasteiger partial charge in [-0.05, 0) is 53.1 Å². The Morgan fingerprint density at radius 2 is 1.63 bits per heavy atom. The number of ether oxygens (including phenoxy) is 1. The SMILES string of the molecule is O=C(Cc1ccc(Cl)cc1)N/N=C\c1ccc(OCc2ccccc2)cc1. The molecule has 0 fully saturated rings. The first-order chi connectivity index (χ1) is 13.2. The van der Waals surface area contributed by atoms with Gasteiger partial charge in [0.05, 0.1) is 12.6 Å². The van der Waals surface area contributed by atoms with Gasteiger partial charge >= 0.3 is 0 Å². The number of amides is 1. The molecule has 5 heteroatoms. The third-order valence-electron chi connectivity index (χ3n) is 3.81. The predicted molar refractivity (Wildman–Crippen MR) is 108 cm³/mol. The van der Waals surface area contributed by atoms with Gasteiger partial charge in [-0.3, -0.25) is 4.79 Å². The van der Waals surface area contributed by atoms with Crippen LogP contribution in [0.3, 0.4) is 0 Å². The van der Waals surface area contributed by atoms with E-state index in [1.54, 1.807) is 18.3 Å². The van der Waals surface area contributed by atoms with Gasteiger partial charge in [0.25, 0.3) is 0 Å². The Bertz CT molecular complexity index is 892. The zero-order valence-corrected chi connectivity index (χ0v) is 15.4. The van der Waals surface area contributed by atoms with Crippen molar-refractivity contribution >= 4 is 23.7 Å². The number of halogens is 1. The quantitative estimate of drug-likeness (QED) is 0.482. The molecule has 0 spiro atoms. The lowest BCUT2D eigenvalue weighted by Gasteiger charge is -2.06. The highest BCUT2D eigenvalue weighted by Crippen LogP contribution is 2.13. The van der Waals surface area contributed by atoms with Crippen molar-refractivity contribution in [3.05, 3.63) is 101 Å². The number of rotatable bonds is 7. The summed E-state index contributed by atoms with van der Waals surface area (Å²) < 4.78 is 5.74. The second-order valence-electron chi connectivity index (χ2n) is 5.94. The van der Waals surface area contributed by atoms with Gasteiger partial charge in [0.2, 0.25) is 5.91 Å². The van der Waals surface area contributed by atoms with Crippen molar-refractivity contribution in [3.8, 4) is 5.75 Å². The Labute approximate surface area is 163 Å². The fourth-order valence-corrected chi connectivity index (χ4v) is 2.52. The molecule has 4 nitrogen and oxygen atoms in total. The highest BCUT2D eigenvalue weighted by atomic mass is 35.5. The summed E-state index contributed by atoms with van der Waals surface area (Å²) in [5, 5.41) is 4.63. The number of carbonyl (C=O) groups is 1.